The molecule has 0 saturated carbocycles. The number of aryl methyl sites for hydroxylation is 2. The first-order valence-corrected chi connectivity index (χ1v) is 9.01. The summed E-state index contributed by atoms with van der Waals surface area (Å²) >= 11 is 0. The van der Waals surface area contributed by atoms with Crippen molar-refractivity contribution in [2.24, 2.45) is 7.05 Å². The summed E-state index contributed by atoms with van der Waals surface area (Å²) in [5.74, 6) is 0.0654. The highest BCUT2D eigenvalue weighted by Gasteiger charge is 2.20. The number of nitrogens with zero attached hydrogens (tertiary/aromatic N) is 3. The molecule has 2 aromatic carbocycles. The van der Waals surface area contributed by atoms with E-state index in [1.165, 1.54) is 12.1 Å². The van der Waals surface area contributed by atoms with Crippen molar-refractivity contribution < 1.29 is 13.5 Å². The number of benzene rings is 2. The van der Waals surface area contributed by atoms with Gasteiger partial charge >= 0.3 is 0 Å². The quantitative estimate of drug-likeness (QED) is 0.674. The van der Waals surface area contributed by atoms with E-state index in [2.05, 4.69) is 9.88 Å². The summed E-state index contributed by atoms with van der Waals surface area (Å²) in [6, 6.07) is 10.5. The molecule has 0 unspecified atom stereocenters. The average Bonchev–Trinajstić information content (AvgIpc) is 3.08. The second kappa shape index (κ2) is 7.39. The van der Waals surface area contributed by atoms with Gasteiger partial charge in [-0.15, -0.1) is 0 Å². The Morgan fingerprint density at radius 1 is 1.11 bits per heavy atom. The van der Waals surface area contributed by atoms with E-state index in [0.717, 1.165) is 47.8 Å². The molecule has 1 aliphatic heterocycles. The van der Waals surface area contributed by atoms with Gasteiger partial charge in [0.25, 0.3) is 0 Å². The van der Waals surface area contributed by atoms with Crippen molar-refractivity contribution in [3.63, 3.8) is 0 Å². The van der Waals surface area contributed by atoms with Crippen LogP contribution in [0.4, 0.5) is 14.5 Å². The van der Waals surface area contributed by atoms with Gasteiger partial charge in [-0.1, -0.05) is 12.1 Å². The van der Waals surface area contributed by atoms with Crippen LogP contribution in [0, 0.1) is 11.6 Å². The van der Waals surface area contributed by atoms with E-state index in [-0.39, 0.29) is 0 Å². The van der Waals surface area contributed by atoms with Gasteiger partial charge in [0.2, 0.25) is 0 Å². The Labute approximate surface area is 157 Å². The molecule has 1 aliphatic rings. The van der Waals surface area contributed by atoms with Gasteiger partial charge in [-0.2, -0.15) is 0 Å². The van der Waals surface area contributed by atoms with Crippen LogP contribution in [0.25, 0.3) is 0 Å². The highest BCUT2D eigenvalue weighted by atomic mass is 19.2. The van der Waals surface area contributed by atoms with Gasteiger partial charge in [0, 0.05) is 44.3 Å². The minimum atomic E-state index is -0.793. The molecule has 3 aromatic rings. The third-order valence-electron chi connectivity index (χ3n) is 4.92. The first kappa shape index (κ1) is 17.5. The summed E-state index contributed by atoms with van der Waals surface area (Å²) in [6.45, 7) is 1.89. The van der Waals surface area contributed by atoms with E-state index >= 15 is 0 Å². The lowest BCUT2D eigenvalue weighted by atomic mass is 10.0. The number of fused-ring (bicyclic) bond motifs is 1. The molecule has 4 rings (SSSR count). The third kappa shape index (κ3) is 3.79. The summed E-state index contributed by atoms with van der Waals surface area (Å²) in [5.41, 5.74) is 2.75. The van der Waals surface area contributed by atoms with Crippen LogP contribution in [0.15, 0.2) is 48.8 Å². The zero-order valence-corrected chi connectivity index (χ0v) is 15.2. The summed E-state index contributed by atoms with van der Waals surface area (Å²) in [5, 5.41) is 0. The zero-order chi connectivity index (χ0) is 18.8. The summed E-state index contributed by atoms with van der Waals surface area (Å²) in [6.07, 6.45) is 5.34. The summed E-state index contributed by atoms with van der Waals surface area (Å²) in [7, 11) is 1.93. The minimum absolute atomic E-state index is 0.410. The molecule has 27 heavy (non-hydrogen) atoms. The lowest BCUT2D eigenvalue weighted by Crippen LogP contribution is -2.29. The fraction of sp³-hybridized carbons (Fsp3) is 0.286. The maximum atomic E-state index is 13.7. The number of ether oxygens (including phenoxy) is 1. The zero-order valence-electron chi connectivity index (χ0n) is 15.2. The molecule has 0 spiro atoms. The van der Waals surface area contributed by atoms with Crippen LogP contribution in [-0.4, -0.2) is 16.1 Å². The Balaban J connectivity index is 1.43. The number of halogens is 2. The first-order valence-electron chi connectivity index (χ1n) is 9.01. The minimum Gasteiger partial charge on any atom is -0.486 e. The standard InChI is InChI=1S/C21H21F2N3O/c1-25-10-8-24-21(25)14-27-17-6-4-15(5-7-17)13-26-9-2-3-16-11-18(22)19(23)12-20(16)26/h4-8,10-12H,2-3,9,13-14H2,1H3. The Hall–Kier alpha value is -2.89. The normalized spacial score (nSPS) is 13.5. The predicted octanol–water partition coefficient (Wildman–Crippen LogP) is 4.23. The second-order valence-corrected chi connectivity index (χ2v) is 6.81. The van der Waals surface area contributed by atoms with E-state index < -0.39 is 11.6 Å². The molecule has 2 heterocycles. The third-order valence-corrected chi connectivity index (χ3v) is 4.92. The van der Waals surface area contributed by atoms with Crippen molar-refractivity contribution >= 4 is 5.69 Å². The predicted molar refractivity (Wildman–Crippen MR) is 99.7 cm³/mol. The van der Waals surface area contributed by atoms with Crippen molar-refractivity contribution in [3.05, 3.63) is 77.4 Å². The molecule has 0 atom stereocenters. The molecule has 0 aliphatic carbocycles. The number of aromatic nitrogens is 2. The molecular formula is C21H21F2N3O. The molecule has 1 aromatic heterocycles. The van der Waals surface area contributed by atoms with E-state index in [1.807, 2.05) is 42.1 Å². The summed E-state index contributed by atoms with van der Waals surface area (Å²) in [4.78, 5) is 6.34. The highest BCUT2D eigenvalue weighted by molar-refractivity contribution is 5.56. The average molecular weight is 369 g/mol. The first-order chi connectivity index (χ1) is 13.1. The van der Waals surface area contributed by atoms with Gasteiger partial charge in [0.1, 0.15) is 18.2 Å². The largest absolute Gasteiger partial charge is 0.486 e. The van der Waals surface area contributed by atoms with Crippen LogP contribution in [0.1, 0.15) is 23.4 Å². The highest BCUT2D eigenvalue weighted by Crippen LogP contribution is 2.30. The molecule has 6 heteroatoms. The monoisotopic (exact) mass is 369 g/mol. The SMILES string of the molecule is Cn1ccnc1COc1ccc(CN2CCCc3cc(F)c(F)cc32)cc1. The Bertz CT molecular complexity index is 937. The van der Waals surface area contributed by atoms with E-state index in [1.54, 1.807) is 6.20 Å². The van der Waals surface area contributed by atoms with Crippen LogP contribution in [0.5, 0.6) is 5.75 Å². The van der Waals surface area contributed by atoms with Crippen LogP contribution in [-0.2, 0) is 26.6 Å². The van der Waals surface area contributed by atoms with Crippen molar-refractivity contribution in [1.82, 2.24) is 9.55 Å². The Morgan fingerprint density at radius 3 is 2.63 bits per heavy atom. The number of imidazole rings is 1. The van der Waals surface area contributed by atoms with Crippen molar-refractivity contribution in [2.45, 2.75) is 26.0 Å². The fourth-order valence-corrected chi connectivity index (χ4v) is 3.41. The van der Waals surface area contributed by atoms with Gasteiger partial charge in [-0.25, -0.2) is 13.8 Å². The summed E-state index contributed by atoms with van der Waals surface area (Å²) < 4.78 is 34.9. The van der Waals surface area contributed by atoms with Crippen LogP contribution in [0.2, 0.25) is 0 Å². The van der Waals surface area contributed by atoms with Gasteiger partial charge in [-0.3, -0.25) is 0 Å². The molecule has 0 bridgehead atoms. The van der Waals surface area contributed by atoms with Gasteiger partial charge in [-0.05, 0) is 42.2 Å². The molecule has 0 amide bonds. The Morgan fingerprint density at radius 2 is 1.89 bits per heavy atom. The molecular weight excluding hydrogens is 348 g/mol. The number of hydrogen-bond acceptors (Lipinski definition) is 3. The van der Waals surface area contributed by atoms with Crippen LogP contribution in [0.3, 0.4) is 0 Å². The van der Waals surface area contributed by atoms with Crippen LogP contribution >= 0.6 is 0 Å². The molecule has 0 N–H and O–H groups in total. The number of anilines is 1. The van der Waals surface area contributed by atoms with E-state index in [9.17, 15) is 8.78 Å². The van der Waals surface area contributed by atoms with Gasteiger partial charge in [0.05, 0.1) is 0 Å². The van der Waals surface area contributed by atoms with Crippen molar-refractivity contribution in [1.29, 1.82) is 0 Å². The maximum absolute atomic E-state index is 13.7. The molecule has 0 radical (unpaired) electrons. The molecule has 140 valence electrons. The second-order valence-electron chi connectivity index (χ2n) is 6.81. The Kier molecular flexibility index (Phi) is 4.79. The number of hydrogen-bond donors (Lipinski definition) is 0. The van der Waals surface area contributed by atoms with Crippen molar-refractivity contribution in [2.75, 3.05) is 11.4 Å². The molecule has 0 fully saturated rings. The van der Waals surface area contributed by atoms with Crippen molar-refractivity contribution in [3.8, 4) is 5.75 Å². The van der Waals surface area contributed by atoms with Crippen LogP contribution < -0.4 is 9.64 Å². The number of rotatable bonds is 5. The molecule has 4 nitrogen and oxygen atoms in total. The fourth-order valence-electron chi connectivity index (χ4n) is 3.41. The van der Waals surface area contributed by atoms with Gasteiger partial charge < -0.3 is 14.2 Å². The lowest BCUT2D eigenvalue weighted by Gasteiger charge is -2.31. The smallest absolute Gasteiger partial charge is 0.160 e. The molecule has 0 saturated heterocycles. The maximum Gasteiger partial charge on any atom is 0.160 e. The van der Waals surface area contributed by atoms with E-state index in [4.69, 9.17) is 4.74 Å². The lowest BCUT2D eigenvalue weighted by molar-refractivity contribution is 0.291. The van der Waals surface area contributed by atoms with E-state index in [0.29, 0.717) is 13.2 Å². The topological polar surface area (TPSA) is 30.3 Å². The van der Waals surface area contributed by atoms with Gasteiger partial charge in [0.15, 0.2) is 11.6 Å².